The van der Waals surface area contributed by atoms with E-state index in [1.54, 1.807) is 4.90 Å². The van der Waals surface area contributed by atoms with Crippen molar-refractivity contribution in [3.63, 3.8) is 0 Å². The lowest BCUT2D eigenvalue weighted by atomic mass is 9.85. The molecule has 7 nitrogen and oxygen atoms in total. The number of rotatable bonds is 6. The van der Waals surface area contributed by atoms with Crippen molar-refractivity contribution in [3.05, 3.63) is 120 Å². The zero-order valence-corrected chi connectivity index (χ0v) is 23.7. The lowest BCUT2D eigenvalue weighted by molar-refractivity contribution is -0.136. The summed E-state index contributed by atoms with van der Waals surface area (Å²) in [5.41, 5.74) is 4.69. The highest BCUT2D eigenvalue weighted by Gasteiger charge is 2.54. The number of benzene rings is 4. The van der Waals surface area contributed by atoms with E-state index in [0.717, 1.165) is 22.4 Å². The van der Waals surface area contributed by atoms with Gasteiger partial charge >= 0.3 is 0 Å². The Kier molecular flexibility index (Phi) is 7.48. The molecule has 7 heteroatoms. The molecular weight excluding hydrogens is 524 g/mol. The lowest BCUT2D eigenvalue weighted by Crippen LogP contribution is -2.57. The minimum atomic E-state index is -0.807. The summed E-state index contributed by atoms with van der Waals surface area (Å²) >= 11 is 0. The number of para-hydroxylation sites is 1. The maximum atomic E-state index is 14.0. The van der Waals surface area contributed by atoms with Crippen molar-refractivity contribution in [2.24, 2.45) is 0 Å². The highest BCUT2D eigenvalue weighted by molar-refractivity contribution is 6.00. The lowest BCUT2D eigenvalue weighted by Gasteiger charge is -2.43. The van der Waals surface area contributed by atoms with Crippen LogP contribution in [0.2, 0.25) is 0 Å². The Morgan fingerprint density at radius 1 is 0.786 bits per heavy atom. The van der Waals surface area contributed by atoms with Crippen LogP contribution in [0.25, 0.3) is 11.1 Å². The van der Waals surface area contributed by atoms with Crippen molar-refractivity contribution in [2.75, 3.05) is 36.5 Å². The summed E-state index contributed by atoms with van der Waals surface area (Å²) in [5, 5.41) is 2.93. The summed E-state index contributed by atoms with van der Waals surface area (Å²) < 4.78 is 0. The van der Waals surface area contributed by atoms with E-state index in [9.17, 15) is 14.4 Å². The zero-order valence-electron chi connectivity index (χ0n) is 23.7. The number of hydrogen-bond acceptors (Lipinski definition) is 4. The Balaban J connectivity index is 1.17. The van der Waals surface area contributed by atoms with E-state index < -0.39 is 5.54 Å². The summed E-state index contributed by atoms with van der Waals surface area (Å²) in [4.78, 5) is 46.1. The summed E-state index contributed by atoms with van der Waals surface area (Å²) in [6.07, 6.45) is 0.981. The van der Waals surface area contributed by atoms with E-state index in [1.807, 2.05) is 121 Å². The van der Waals surface area contributed by atoms with Gasteiger partial charge in [0.2, 0.25) is 5.91 Å². The van der Waals surface area contributed by atoms with Gasteiger partial charge in [-0.1, -0.05) is 72.8 Å². The van der Waals surface area contributed by atoms with E-state index in [4.69, 9.17) is 0 Å². The Hall–Kier alpha value is -4.91. The maximum Gasteiger partial charge on any atom is 0.253 e. The van der Waals surface area contributed by atoms with Gasteiger partial charge in [0.05, 0.1) is 6.67 Å². The number of anilines is 2. The maximum absolute atomic E-state index is 14.0. The molecule has 6 rings (SSSR count). The van der Waals surface area contributed by atoms with Crippen molar-refractivity contribution in [2.45, 2.75) is 25.3 Å². The molecule has 4 aromatic rings. The molecule has 2 heterocycles. The number of piperidine rings is 1. The first-order valence-electron chi connectivity index (χ1n) is 14.4. The molecule has 0 unspecified atom stereocenters. The van der Waals surface area contributed by atoms with Crippen LogP contribution in [0, 0.1) is 6.92 Å². The van der Waals surface area contributed by atoms with Gasteiger partial charge in [0.15, 0.2) is 0 Å². The molecular formula is C35H34N4O3. The predicted octanol–water partition coefficient (Wildman–Crippen LogP) is 5.58. The first-order valence-corrected chi connectivity index (χ1v) is 14.4. The third-order valence-electron chi connectivity index (χ3n) is 8.34. The van der Waals surface area contributed by atoms with E-state index in [0.29, 0.717) is 43.9 Å². The molecule has 4 aromatic carbocycles. The van der Waals surface area contributed by atoms with Gasteiger partial charge in [-0.3, -0.25) is 14.4 Å². The average Bonchev–Trinajstić information content (AvgIpc) is 3.28. The third-order valence-corrected chi connectivity index (χ3v) is 8.34. The Morgan fingerprint density at radius 2 is 1.43 bits per heavy atom. The van der Waals surface area contributed by atoms with Gasteiger partial charge in [-0.2, -0.15) is 0 Å². The highest BCUT2D eigenvalue weighted by Crippen LogP contribution is 2.39. The summed E-state index contributed by atoms with van der Waals surface area (Å²) in [7, 11) is 0. The van der Waals surface area contributed by atoms with Crippen molar-refractivity contribution < 1.29 is 14.4 Å². The van der Waals surface area contributed by atoms with Gasteiger partial charge in [0, 0.05) is 30.0 Å². The molecule has 0 atom stereocenters. The normalized spacial score (nSPS) is 16.1. The number of amides is 3. The monoisotopic (exact) mass is 558 g/mol. The molecule has 1 spiro atoms. The molecule has 0 saturated carbocycles. The van der Waals surface area contributed by atoms with Crippen LogP contribution in [0.1, 0.15) is 28.8 Å². The number of hydrogen-bond donors (Lipinski definition) is 1. The minimum absolute atomic E-state index is 0.0319. The third kappa shape index (κ3) is 5.38. The first kappa shape index (κ1) is 27.3. The van der Waals surface area contributed by atoms with Crippen LogP contribution in [0.5, 0.6) is 0 Å². The molecule has 2 aliphatic rings. The van der Waals surface area contributed by atoms with Crippen molar-refractivity contribution in [3.8, 4) is 11.1 Å². The van der Waals surface area contributed by atoms with Gasteiger partial charge in [-0.25, -0.2) is 0 Å². The molecule has 0 bridgehead atoms. The quantitative estimate of drug-likeness (QED) is 0.335. The van der Waals surface area contributed by atoms with Crippen LogP contribution >= 0.6 is 0 Å². The van der Waals surface area contributed by atoms with Gasteiger partial charge in [0.1, 0.15) is 12.1 Å². The van der Waals surface area contributed by atoms with E-state index in [-0.39, 0.29) is 24.3 Å². The van der Waals surface area contributed by atoms with E-state index in [1.165, 1.54) is 0 Å². The molecule has 0 aliphatic carbocycles. The van der Waals surface area contributed by atoms with Crippen LogP contribution < -0.4 is 10.2 Å². The number of likely N-dealkylation sites (tertiary alicyclic amines) is 1. The molecule has 212 valence electrons. The van der Waals surface area contributed by atoms with Crippen LogP contribution in [0.4, 0.5) is 11.4 Å². The summed E-state index contributed by atoms with van der Waals surface area (Å²) in [5.74, 6) is -0.328. The SMILES string of the molecule is Cc1cccc(NC(=O)CN2CN(c3ccccc3)C3(CCN(C(=O)c4ccc(-c5ccccc5)cc4)CC3)C2=O)c1. The number of carbonyl (C=O) groups is 3. The number of nitrogens with zero attached hydrogens (tertiary/aromatic N) is 3. The number of nitrogens with one attached hydrogen (secondary N) is 1. The predicted molar refractivity (Wildman–Crippen MR) is 165 cm³/mol. The molecule has 2 aliphatic heterocycles. The van der Waals surface area contributed by atoms with Crippen molar-refractivity contribution in [1.29, 1.82) is 0 Å². The fourth-order valence-electron chi connectivity index (χ4n) is 6.12. The van der Waals surface area contributed by atoms with E-state index >= 15 is 0 Å². The number of carbonyl (C=O) groups excluding carboxylic acids is 3. The largest absolute Gasteiger partial charge is 0.339 e. The molecule has 42 heavy (non-hydrogen) atoms. The molecule has 1 N–H and O–H groups in total. The second-order valence-corrected chi connectivity index (χ2v) is 11.1. The van der Waals surface area contributed by atoms with Crippen molar-refractivity contribution >= 4 is 29.1 Å². The summed E-state index contributed by atoms with van der Waals surface area (Å²) in [6.45, 7) is 3.17. The van der Waals surface area contributed by atoms with Gasteiger partial charge < -0.3 is 20.0 Å². The first-order chi connectivity index (χ1) is 20.4. The minimum Gasteiger partial charge on any atom is -0.339 e. The number of aryl methyl sites for hydroxylation is 1. The Morgan fingerprint density at radius 3 is 2.10 bits per heavy atom. The van der Waals surface area contributed by atoms with Crippen LogP contribution in [0.3, 0.4) is 0 Å². The highest BCUT2D eigenvalue weighted by atomic mass is 16.2. The fraction of sp³-hybridized carbons (Fsp3) is 0.229. The smallest absolute Gasteiger partial charge is 0.253 e. The van der Waals surface area contributed by atoms with Crippen LogP contribution in [-0.4, -0.2) is 59.4 Å². The average molecular weight is 559 g/mol. The molecule has 0 aromatic heterocycles. The Bertz CT molecular complexity index is 1580. The topological polar surface area (TPSA) is 73.0 Å². The van der Waals surface area contributed by atoms with Crippen LogP contribution in [0.15, 0.2) is 109 Å². The zero-order chi connectivity index (χ0) is 29.1. The Labute approximate surface area is 246 Å². The second kappa shape index (κ2) is 11.5. The van der Waals surface area contributed by atoms with Gasteiger partial charge in [-0.15, -0.1) is 0 Å². The molecule has 2 fully saturated rings. The van der Waals surface area contributed by atoms with Crippen molar-refractivity contribution in [1.82, 2.24) is 9.80 Å². The molecule has 2 saturated heterocycles. The van der Waals surface area contributed by atoms with Gasteiger partial charge in [0.25, 0.3) is 11.8 Å². The van der Waals surface area contributed by atoms with Crippen LogP contribution in [-0.2, 0) is 9.59 Å². The van der Waals surface area contributed by atoms with E-state index in [2.05, 4.69) is 10.2 Å². The van der Waals surface area contributed by atoms with Gasteiger partial charge in [-0.05, 0) is 72.9 Å². The summed E-state index contributed by atoms with van der Waals surface area (Å²) in [6, 6.07) is 35.3. The standard InChI is InChI=1S/C35H34N4O3/c1-26-9-8-12-30(23-26)36-32(40)24-38-25-39(31-13-6-3-7-14-31)35(34(38)42)19-21-37(22-20-35)33(41)29-17-15-28(16-18-29)27-10-4-2-5-11-27/h2-18,23H,19-22,24-25H2,1H3,(H,36,40). The second-order valence-electron chi connectivity index (χ2n) is 11.1. The molecule has 3 amide bonds. The molecule has 0 radical (unpaired) electrons. The fourth-order valence-corrected chi connectivity index (χ4v) is 6.12.